The number of nitrogens with one attached hydrogen (secondary N) is 1. The third-order valence-electron chi connectivity index (χ3n) is 5.35. The van der Waals surface area contributed by atoms with Gasteiger partial charge in [-0.3, -0.25) is 4.79 Å². The third kappa shape index (κ3) is 3.15. The Labute approximate surface area is 126 Å². The number of urea groups is 1. The van der Waals surface area contributed by atoms with E-state index in [-0.39, 0.29) is 18.0 Å². The molecule has 3 amide bonds. The minimum atomic E-state index is 0.0206. The topological polar surface area (TPSA) is 78.7 Å². The Balaban J connectivity index is 1.47. The van der Waals surface area contributed by atoms with Gasteiger partial charge in [-0.25, -0.2) is 4.79 Å². The summed E-state index contributed by atoms with van der Waals surface area (Å²) in [5.74, 6) is 1.46. The van der Waals surface area contributed by atoms with E-state index in [9.17, 15) is 9.59 Å². The van der Waals surface area contributed by atoms with Gasteiger partial charge in [-0.1, -0.05) is 0 Å². The van der Waals surface area contributed by atoms with Crippen molar-refractivity contribution in [2.24, 2.45) is 17.6 Å². The van der Waals surface area contributed by atoms with Gasteiger partial charge in [-0.05, 0) is 44.1 Å². The Bertz CT molecular complexity index is 406. The number of fused-ring (bicyclic) bond motifs is 1. The zero-order valence-corrected chi connectivity index (χ0v) is 12.6. The van der Waals surface area contributed by atoms with E-state index in [4.69, 9.17) is 5.73 Å². The normalized spacial score (nSPS) is 32.8. The lowest BCUT2D eigenvalue weighted by molar-refractivity contribution is -0.134. The fourth-order valence-corrected chi connectivity index (χ4v) is 3.88. The van der Waals surface area contributed by atoms with Crippen LogP contribution in [0.4, 0.5) is 4.79 Å². The fourth-order valence-electron chi connectivity index (χ4n) is 3.88. The van der Waals surface area contributed by atoms with Gasteiger partial charge in [-0.15, -0.1) is 0 Å². The molecular weight excluding hydrogens is 268 g/mol. The minimum absolute atomic E-state index is 0.0206. The summed E-state index contributed by atoms with van der Waals surface area (Å²) < 4.78 is 0. The molecule has 0 radical (unpaired) electrons. The molecule has 1 aliphatic carbocycles. The van der Waals surface area contributed by atoms with Crippen LogP contribution in [0.5, 0.6) is 0 Å². The predicted octanol–water partition coefficient (Wildman–Crippen LogP) is 0.378. The first kappa shape index (κ1) is 14.6. The van der Waals surface area contributed by atoms with Gasteiger partial charge in [0.05, 0.1) is 6.04 Å². The predicted molar refractivity (Wildman–Crippen MR) is 79.6 cm³/mol. The molecule has 2 saturated heterocycles. The molecule has 0 bridgehead atoms. The van der Waals surface area contributed by atoms with E-state index in [0.717, 1.165) is 19.4 Å². The Morgan fingerprint density at radius 2 is 1.90 bits per heavy atom. The first-order valence-corrected chi connectivity index (χ1v) is 8.19. The summed E-state index contributed by atoms with van der Waals surface area (Å²) >= 11 is 0. The molecule has 1 atom stereocenters. The van der Waals surface area contributed by atoms with E-state index >= 15 is 0 Å². The fraction of sp³-hybridized carbons (Fsp3) is 0.867. The second kappa shape index (κ2) is 6.22. The number of nitrogens with zero attached hydrogens (tertiary/aromatic N) is 2. The number of rotatable bonds is 3. The standard InChI is InChI=1S/C15H26N4O2/c16-8-12-3-1-11(2-4-12)7-14(20)18-5-6-19-13(10-18)9-17-15(19)21/h11-13H,1-10,16H2,(H,17,21). The quantitative estimate of drug-likeness (QED) is 0.790. The molecule has 3 fully saturated rings. The van der Waals surface area contributed by atoms with Gasteiger partial charge in [0, 0.05) is 32.6 Å². The summed E-state index contributed by atoms with van der Waals surface area (Å²) in [5, 5.41) is 2.85. The molecule has 2 aliphatic heterocycles. The van der Waals surface area contributed by atoms with Crippen molar-refractivity contribution in [3.63, 3.8) is 0 Å². The van der Waals surface area contributed by atoms with Gasteiger partial charge in [0.1, 0.15) is 0 Å². The number of carbonyl (C=O) groups is 2. The van der Waals surface area contributed by atoms with Crippen molar-refractivity contribution in [3.05, 3.63) is 0 Å². The lowest BCUT2D eigenvalue weighted by atomic mass is 9.80. The highest BCUT2D eigenvalue weighted by Gasteiger charge is 2.37. The zero-order chi connectivity index (χ0) is 14.8. The number of nitrogens with two attached hydrogens (primary N) is 1. The largest absolute Gasteiger partial charge is 0.339 e. The van der Waals surface area contributed by atoms with E-state index in [1.165, 1.54) is 12.8 Å². The Kier molecular flexibility index (Phi) is 4.33. The number of amides is 3. The highest BCUT2D eigenvalue weighted by atomic mass is 16.2. The van der Waals surface area contributed by atoms with Gasteiger partial charge in [0.25, 0.3) is 0 Å². The molecule has 1 unspecified atom stereocenters. The molecule has 0 aromatic rings. The lowest BCUT2D eigenvalue weighted by Gasteiger charge is -2.37. The van der Waals surface area contributed by atoms with Crippen LogP contribution in [0.15, 0.2) is 0 Å². The monoisotopic (exact) mass is 294 g/mol. The summed E-state index contributed by atoms with van der Waals surface area (Å²) in [6.45, 7) is 3.49. The van der Waals surface area contributed by atoms with Crippen molar-refractivity contribution < 1.29 is 9.59 Å². The second-order valence-electron chi connectivity index (χ2n) is 6.70. The molecule has 2 heterocycles. The van der Waals surface area contributed by atoms with Gasteiger partial charge < -0.3 is 20.9 Å². The van der Waals surface area contributed by atoms with Crippen LogP contribution in [0, 0.1) is 11.8 Å². The second-order valence-corrected chi connectivity index (χ2v) is 6.70. The van der Waals surface area contributed by atoms with E-state index in [0.29, 0.717) is 44.4 Å². The number of hydrogen-bond acceptors (Lipinski definition) is 3. The maximum atomic E-state index is 12.5. The van der Waals surface area contributed by atoms with Crippen LogP contribution in [-0.4, -0.2) is 60.5 Å². The van der Waals surface area contributed by atoms with Crippen LogP contribution in [0.25, 0.3) is 0 Å². The molecule has 3 N–H and O–H groups in total. The minimum Gasteiger partial charge on any atom is -0.339 e. The van der Waals surface area contributed by atoms with Crippen LogP contribution in [-0.2, 0) is 4.79 Å². The van der Waals surface area contributed by atoms with E-state index in [2.05, 4.69) is 5.32 Å². The zero-order valence-electron chi connectivity index (χ0n) is 12.6. The molecule has 0 aromatic heterocycles. The average molecular weight is 294 g/mol. The van der Waals surface area contributed by atoms with Gasteiger partial charge in [-0.2, -0.15) is 0 Å². The maximum absolute atomic E-state index is 12.5. The van der Waals surface area contributed by atoms with Crippen molar-refractivity contribution in [3.8, 4) is 0 Å². The maximum Gasteiger partial charge on any atom is 0.317 e. The molecule has 6 nitrogen and oxygen atoms in total. The number of carbonyl (C=O) groups excluding carboxylic acids is 2. The van der Waals surface area contributed by atoms with Crippen LogP contribution >= 0.6 is 0 Å². The Hall–Kier alpha value is -1.30. The molecular formula is C15H26N4O2. The van der Waals surface area contributed by atoms with Crippen LogP contribution in [0.3, 0.4) is 0 Å². The van der Waals surface area contributed by atoms with E-state index in [1.54, 1.807) is 0 Å². The third-order valence-corrected chi connectivity index (χ3v) is 5.35. The smallest absolute Gasteiger partial charge is 0.317 e. The number of piperazine rings is 1. The average Bonchev–Trinajstić information content (AvgIpc) is 2.89. The van der Waals surface area contributed by atoms with Crippen molar-refractivity contribution in [2.75, 3.05) is 32.7 Å². The van der Waals surface area contributed by atoms with Crippen molar-refractivity contribution >= 4 is 11.9 Å². The summed E-state index contributed by atoms with van der Waals surface area (Å²) in [6, 6.07) is 0.190. The molecule has 0 spiro atoms. The SMILES string of the molecule is NCC1CCC(CC(=O)N2CCN3C(=O)NCC3C2)CC1. The molecule has 21 heavy (non-hydrogen) atoms. The van der Waals surface area contributed by atoms with Gasteiger partial charge in [0.2, 0.25) is 5.91 Å². The van der Waals surface area contributed by atoms with Gasteiger partial charge in [0.15, 0.2) is 0 Å². The molecule has 3 aliphatic rings. The summed E-state index contributed by atoms with van der Waals surface area (Å²) in [6.07, 6.45) is 5.28. The highest BCUT2D eigenvalue weighted by molar-refractivity contribution is 5.79. The lowest BCUT2D eigenvalue weighted by Crippen LogP contribution is -2.54. The molecule has 0 aromatic carbocycles. The molecule has 3 rings (SSSR count). The van der Waals surface area contributed by atoms with Gasteiger partial charge >= 0.3 is 6.03 Å². The van der Waals surface area contributed by atoms with Crippen molar-refractivity contribution in [1.29, 1.82) is 0 Å². The van der Waals surface area contributed by atoms with Crippen LogP contribution < -0.4 is 11.1 Å². The first-order valence-electron chi connectivity index (χ1n) is 8.19. The molecule has 1 saturated carbocycles. The number of hydrogen-bond donors (Lipinski definition) is 2. The summed E-state index contributed by atoms with van der Waals surface area (Å²) in [5.41, 5.74) is 5.71. The summed E-state index contributed by atoms with van der Waals surface area (Å²) in [7, 11) is 0. The molecule has 6 heteroatoms. The van der Waals surface area contributed by atoms with Crippen molar-refractivity contribution in [1.82, 2.24) is 15.1 Å². The Morgan fingerprint density at radius 3 is 2.62 bits per heavy atom. The Morgan fingerprint density at radius 1 is 1.19 bits per heavy atom. The summed E-state index contributed by atoms with van der Waals surface area (Å²) in [4.78, 5) is 27.8. The van der Waals surface area contributed by atoms with E-state index < -0.39 is 0 Å². The van der Waals surface area contributed by atoms with E-state index in [1.807, 2.05) is 9.80 Å². The highest BCUT2D eigenvalue weighted by Crippen LogP contribution is 2.30. The van der Waals surface area contributed by atoms with Crippen molar-refractivity contribution in [2.45, 2.75) is 38.1 Å². The molecule has 118 valence electrons. The van der Waals surface area contributed by atoms with Crippen LogP contribution in [0.1, 0.15) is 32.1 Å². The first-order chi connectivity index (χ1) is 10.2. The van der Waals surface area contributed by atoms with Crippen LogP contribution in [0.2, 0.25) is 0 Å².